The van der Waals surface area contributed by atoms with Crippen molar-refractivity contribution in [1.82, 2.24) is 4.90 Å². The number of carboxylic acid groups (broad SMARTS) is 1. The lowest BCUT2D eigenvalue weighted by Gasteiger charge is -2.43. The van der Waals surface area contributed by atoms with Gasteiger partial charge in [0.15, 0.2) is 0 Å². The molecule has 2 aliphatic heterocycles. The standard InChI is InChI=1S/C14H18N2O4/c1-9-8-19-7-6-16(9)14(2)15-12-10(13(17)18)4-3-5-11(12)20-14/h3-5,9,15H,6-8H2,1-2H3,(H,17,18)/t9?,14-/m1/s1. The van der Waals surface area contributed by atoms with Crippen LogP contribution in [0.4, 0.5) is 5.69 Å². The van der Waals surface area contributed by atoms with E-state index in [2.05, 4.69) is 17.1 Å². The van der Waals surface area contributed by atoms with Gasteiger partial charge in [-0.05, 0) is 19.1 Å². The van der Waals surface area contributed by atoms with Gasteiger partial charge in [0.1, 0.15) is 5.75 Å². The molecule has 3 rings (SSSR count). The van der Waals surface area contributed by atoms with Gasteiger partial charge in [0.05, 0.1) is 24.5 Å². The molecule has 108 valence electrons. The topological polar surface area (TPSA) is 71.0 Å². The fourth-order valence-electron chi connectivity index (χ4n) is 2.89. The molecule has 6 heteroatoms. The molecule has 1 aromatic carbocycles. The summed E-state index contributed by atoms with van der Waals surface area (Å²) in [5.41, 5.74) is 0.772. The van der Waals surface area contributed by atoms with Gasteiger partial charge in [-0.15, -0.1) is 0 Å². The highest BCUT2D eigenvalue weighted by Crippen LogP contribution is 2.41. The molecular formula is C14H18N2O4. The third kappa shape index (κ3) is 2.01. The smallest absolute Gasteiger partial charge is 0.337 e. The zero-order chi connectivity index (χ0) is 14.3. The van der Waals surface area contributed by atoms with E-state index in [0.717, 1.165) is 6.54 Å². The Labute approximate surface area is 117 Å². The molecule has 0 saturated carbocycles. The molecule has 0 spiro atoms. The van der Waals surface area contributed by atoms with Gasteiger partial charge in [-0.1, -0.05) is 6.07 Å². The summed E-state index contributed by atoms with van der Waals surface area (Å²) in [5, 5.41) is 12.5. The Morgan fingerprint density at radius 2 is 2.35 bits per heavy atom. The first-order chi connectivity index (χ1) is 9.51. The molecule has 0 aliphatic carbocycles. The van der Waals surface area contributed by atoms with Crippen LogP contribution < -0.4 is 10.1 Å². The summed E-state index contributed by atoms with van der Waals surface area (Å²) >= 11 is 0. The summed E-state index contributed by atoms with van der Waals surface area (Å²) in [5.74, 6) is -1.12. The predicted molar refractivity (Wildman–Crippen MR) is 73.0 cm³/mol. The van der Waals surface area contributed by atoms with Gasteiger partial charge in [0, 0.05) is 19.5 Å². The molecule has 2 atom stereocenters. The van der Waals surface area contributed by atoms with E-state index in [1.807, 2.05) is 6.92 Å². The van der Waals surface area contributed by atoms with Crippen LogP contribution in [0, 0.1) is 0 Å². The van der Waals surface area contributed by atoms with Crippen LogP contribution in [0.5, 0.6) is 5.75 Å². The molecule has 6 nitrogen and oxygen atoms in total. The highest BCUT2D eigenvalue weighted by molar-refractivity contribution is 5.96. The Kier molecular flexibility index (Phi) is 3.07. The molecular weight excluding hydrogens is 260 g/mol. The van der Waals surface area contributed by atoms with Crippen LogP contribution in [0.15, 0.2) is 18.2 Å². The van der Waals surface area contributed by atoms with E-state index >= 15 is 0 Å². The number of hydrogen-bond donors (Lipinski definition) is 2. The lowest BCUT2D eigenvalue weighted by Crippen LogP contribution is -2.61. The highest BCUT2D eigenvalue weighted by Gasteiger charge is 2.44. The lowest BCUT2D eigenvalue weighted by molar-refractivity contribution is -0.114. The second-order valence-electron chi connectivity index (χ2n) is 5.31. The van der Waals surface area contributed by atoms with Gasteiger partial charge in [0.25, 0.3) is 0 Å². The molecule has 0 amide bonds. The summed E-state index contributed by atoms with van der Waals surface area (Å²) in [6, 6.07) is 5.25. The molecule has 0 aromatic heterocycles. The van der Waals surface area contributed by atoms with Crippen LogP contribution in [-0.4, -0.2) is 47.6 Å². The number of benzene rings is 1. The third-order valence-corrected chi connectivity index (χ3v) is 3.84. The molecule has 1 fully saturated rings. The highest BCUT2D eigenvalue weighted by atomic mass is 16.5. The van der Waals surface area contributed by atoms with E-state index in [-0.39, 0.29) is 11.6 Å². The van der Waals surface area contributed by atoms with Crippen molar-refractivity contribution >= 4 is 11.7 Å². The summed E-state index contributed by atoms with van der Waals surface area (Å²) < 4.78 is 11.4. The molecule has 1 aromatic rings. The van der Waals surface area contributed by atoms with Gasteiger partial charge in [-0.25, -0.2) is 9.69 Å². The number of ether oxygens (including phenoxy) is 2. The monoisotopic (exact) mass is 278 g/mol. The summed E-state index contributed by atoms with van der Waals surface area (Å²) in [7, 11) is 0. The minimum Gasteiger partial charge on any atom is -0.478 e. The van der Waals surface area contributed by atoms with E-state index in [1.54, 1.807) is 18.2 Å². The van der Waals surface area contributed by atoms with Gasteiger partial charge < -0.3 is 19.9 Å². The maximum Gasteiger partial charge on any atom is 0.337 e. The number of fused-ring (bicyclic) bond motifs is 1. The number of anilines is 1. The van der Waals surface area contributed by atoms with Gasteiger partial charge >= 0.3 is 5.97 Å². The van der Waals surface area contributed by atoms with E-state index in [4.69, 9.17) is 9.47 Å². The zero-order valence-electron chi connectivity index (χ0n) is 11.5. The van der Waals surface area contributed by atoms with Crippen LogP contribution >= 0.6 is 0 Å². The first-order valence-corrected chi connectivity index (χ1v) is 6.69. The minimum atomic E-state index is -0.961. The molecule has 0 bridgehead atoms. The number of carbonyl (C=O) groups is 1. The summed E-state index contributed by atoms with van der Waals surface area (Å²) in [6.07, 6.45) is 0. The van der Waals surface area contributed by atoms with E-state index in [0.29, 0.717) is 24.7 Å². The maximum atomic E-state index is 11.3. The van der Waals surface area contributed by atoms with Crippen LogP contribution in [0.1, 0.15) is 24.2 Å². The molecule has 20 heavy (non-hydrogen) atoms. The minimum absolute atomic E-state index is 0.198. The number of aromatic carboxylic acids is 1. The number of nitrogens with one attached hydrogen (secondary N) is 1. The Bertz CT molecular complexity index is 548. The normalized spacial score (nSPS) is 29.4. The van der Waals surface area contributed by atoms with Gasteiger partial charge in [-0.3, -0.25) is 0 Å². The molecule has 1 unspecified atom stereocenters. The second-order valence-corrected chi connectivity index (χ2v) is 5.31. The van der Waals surface area contributed by atoms with Crippen molar-refractivity contribution in [2.24, 2.45) is 0 Å². The van der Waals surface area contributed by atoms with Crippen LogP contribution in [0.3, 0.4) is 0 Å². The van der Waals surface area contributed by atoms with Gasteiger partial charge in [0.2, 0.25) is 5.85 Å². The number of rotatable bonds is 2. The quantitative estimate of drug-likeness (QED) is 0.856. The first kappa shape index (κ1) is 13.2. The molecule has 1 saturated heterocycles. The molecule has 2 N–H and O–H groups in total. The molecule has 0 radical (unpaired) electrons. The Hall–Kier alpha value is -1.79. The van der Waals surface area contributed by atoms with E-state index in [1.165, 1.54) is 0 Å². The maximum absolute atomic E-state index is 11.3. The van der Waals surface area contributed by atoms with Crippen molar-refractivity contribution < 1.29 is 19.4 Å². The second kappa shape index (κ2) is 4.64. The average molecular weight is 278 g/mol. The fourth-order valence-corrected chi connectivity index (χ4v) is 2.89. The molecule has 2 heterocycles. The molecule has 2 aliphatic rings. The number of carboxylic acids is 1. The van der Waals surface area contributed by atoms with Crippen molar-refractivity contribution in [3.05, 3.63) is 23.8 Å². The number of morpholine rings is 1. The van der Waals surface area contributed by atoms with E-state index in [9.17, 15) is 9.90 Å². The summed E-state index contributed by atoms with van der Waals surface area (Å²) in [6.45, 7) is 6.01. The van der Waals surface area contributed by atoms with Crippen LogP contribution in [0.25, 0.3) is 0 Å². The van der Waals surface area contributed by atoms with Crippen LogP contribution in [0.2, 0.25) is 0 Å². The van der Waals surface area contributed by atoms with Crippen molar-refractivity contribution in [3.8, 4) is 5.75 Å². The lowest BCUT2D eigenvalue weighted by atomic mass is 10.1. The Balaban J connectivity index is 1.92. The zero-order valence-corrected chi connectivity index (χ0v) is 11.5. The van der Waals surface area contributed by atoms with Crippen molar-refractivity contribution in [1.29, 1.82) is 0 Å². The third-order valence-electron chi connectivity index (χ3n) is 3.84. The predicted octanol–water partition coefficient (Wildman–Crippen LogP) is 1.58. The fraction of sp³-hybridized carbons (Fsp3) is 0.500. The first-order valence-electron chi connectivity index (χ1n) is 6.69. The van der Waals surface area contributed by atoms with E-state index < -0.39 is 11.8 Å². The average Bonchev–Trinajstić information content (AvgIpc) is 2.75. The number of hydrogen-bond acceptors (Lipinski definition) is 5. The number of para-hydroxylation sites is 1. The van der Waals surface area contributed by atoms with Crippen molar-refractivity contribution in [2.75, 3.05) is 25.1 Å². The SMILES string of the molecule is CC1COCCN1[C@@]1(C)Nc2c(cccc2C(=O)O)O1. The Morgan fingerprint density at radius 3 is 3.05 bits per heavy atom. The van der Waals surface area contributed by atoms with Crippen molar-refractivity contribution in [3.63, 3.8) is 0 Å². The van der Waals surface area contributed by atoms with Gasteiger partial charge in [-0.2, -0.15) is 0 Å². The van der Waals surface area contributed by atoms with Crippen molar-refractivity contribution in [2.45, 2.75) is 25.7 Å². The largest absolute Gasteiger partial charge is 0.478 e. The summed E-state index contributed by atoms with van der Waals surface area (Å²) in [4.78, 5) is 13.4. The number of nitrogens with zero attached hydrogens (tertiary/aromatic N) is 1. The van der Waals surface area contributed by atoms with Crippen LogP contribution in [-0.2, 0) is 4.74 Å². The Morgan fingerprint density at radius 1 is 1.55 bits per heavy atom.